The van der Waals surface area contributed by atoms with Crippen LogP contribution in [0.3, 0.4) is 0 Å². The number of likely N-dealkylation sites (tertiary alicyclic amines) is 1. The number of nitrogens with zero attached hydrogens (tertiary/aromatic N) is 3. The van der Waals surface area contributed by atoms with Crippen molar-refractivity contribution in [3.05, 3.63) is 18.1 Å². The van der Waals surface area contributed by atoms with Crippen LogP contribution in [0.1, 0.15) is 37.2 Å². The Labute approximate surface area is 125 Å². The number of rotatable bonds is 6. The largest absolute Gasteiger partial charge is 0.476 e. The van der Waals surface area contributed by atoms with E-state index in [0.29, 0.717) is 5.82 Å². The molecule has 0 aliphatic carbocycles. The maximum absolute atomic E-state index is 10.7. The van der Waals surface area contributed by atoms with Crippen molar-refractivity contribution in [2.45, 2.75) is 26.7 Å². The fraction of sp³-hybridized carbons (Fsp3) is 0.667. The van der Waals surface area contributed by atoms with E-state index >= 15 is 0 Å². The van der Waals surface area contributed by atoms with Crippen LogP contribution >= 0.6 is 0 Å². The molecule has 21 heavy (non-hydrogen) atoms. The summed E-state index contributed by atoms with van der Waals surface area (Å²) in [4.78, 5) is 21.1. The lowest BCUT2D eigenvalue weighted by molar-refractivity contribution is 0.0690. The third-order valence-corrected chi connectivity index (χ3v) is 3.77. The highest BCUT2D eigenvalue weighted by Gasteiger charge is 2.20. The molecule has 1 aromatic rings. The number of anilines is 1. The number of carboxylic acid groups (broad SMARTS) is 1. The fourth-order valence-electron chi connectivity index (χ4n) is 3.02. The van der Waals surface area contributed by atoms with E-state index in [4.69, 9.17) is 5.11 Å². The van der Waals surface area contributed by atoms with Crippen LogP contribution in [0.5, 0.6) is 0 Å². The van der Waals surface area contributed by atoms with Gasteiger partial charge in [0.2, 0.25) is 0 Å². The van der Waals surface area contributed by atoms with Crippen molar-refractivity contribution in [2.75, 3.05) is 31.5 Å². The number of carboxylic acids is 1. The Morgan fingerprint density at radius 2 is 2.05 bits per heavy atom. The van der Waals surface area contributed by atoms with E-state index in [1.54, 1.807) is 0 Å². The molecular formula is C15H24N4O2. The topological polar surface area (TPSA) is 78.4 Å². The van der Waals surface area contributed by atoms with Gasteiger partial charge in [0.05, 0.1) is 12.4 Å². The molecule has 2 unspecified atom stereocenters. The summed E-state index contributed by atoms with van der Waals surface area (Å²) in [6.45, 7) is 8.93. The van der Waals surface area contributed by atoms with Gasteiger partial charge in [-0.25, -0.2) is 14.8 Å². The normalized spacial score (nSPS) is 23.0. The predicted molar refractivity (Wildman–Crippen MR) is 81.5 cm³/mol. The fourth-order valence-corrected chi connectivity index (χ4v) is 3.02. The summed E-state index contributed by atoms with van der Waals surface area (Å²) in [6.07, 6.45) is 5.12. The van der Waals surface area contributed by atoms with E-state index < -0.39 is 5.97 Å². The van der Waals surface area contributed by atoms with Crippen molar-refractivity contribution in [2.24, 2.45) is 11.8 Å². The molecule has 1 aromatic heterocycles. The standard InChI is InChI=1S/C15H24N4O2/c1-11-6-12(2)10-19(9-11)5-3-4-16-14-8-17-13(7-18-14)15(20)21/h7-8,11-12H,3-6,9-10H2,1-2H3,(H,16,18)(H,20,21). The molecule has 1 saturated heterocycles. The SMILES string of the molecule is CC1CC(C)CN(CCCNc2cnc(C(=O)O)cn2)C1. The second kappa shape index (κ2) is 7.36. The van der Waals surface area contributed by atoms with Crippen LogP contribution in [0.4, 0.5) is 5.82 Å². The van der Waals surface area contributed by atoms with Gasteiger partial charge in [-0.3, -0.25) is 0 Å². The van der Waals surface area contributed by atoms with Crippen LogP contribution in [0.15, 0.2) is 12.4 Å². The summed E-state index contributed by atoms with van der Waals surface area (Å²) in [6, 6.07) is 0. The molecule has 2 heterocycles. The summed E-state index contributed by atoms with van der Waals surface area (Å²) in [5.41, 5.74) is -0.0307. The molecule has 1 aliphatic rings. The Balaban J connectivity index is 1.68. The predicted octanol–water partition coefficient (Wildman–Crippen LogP) is 1.95. The first kappa shape index (κ1) is 15.7. The average molecular weight is 292 g/mol. The monoisotopic (exact) mass is 292 g/mol. The van der Waals surface area contributed by atoms with Crippen molar-refractivity contribution in [1.82, 2.24) is 14.9 Å². The quantitative estimate of drug-likeness (QED) is 0.780. The zero-order valence-corrected chi connectivity index (χ0v) is 12.7. The van der Waals surface area contributed by atoms with Gasteiger partial charge in [-0.15, -0.1) is 0 Å². The zero-order chi connectivity index (χ0) is 15.2. The molecule has 2 N–H and O–H groups in total. The van der Waals surface area contributed by atoms with Gasteiger partial charge < -0.3 is 15.3 Å². The highest BCUT2D eigenvalue weighted by atomic mass is 16.4. The van der Waals surface area contributed by atoms with Gasteiger partial charge in [-0.2, -0.15) is 0 Å². The van der Waals surface area contributed by atoms with Gasteiger partial charge in [0, 0.05) is 19.6 Å². The van der Waals surface area contributed by atoms with Crippen LogP contribution in [0, 0.1) is 11.8 Å². The molecule has 0 saturated carbocycles. The van der Waals surface area contributed by atoms with Crippen molar-refractivity contribution in [3.8, 4) is 0 Å². The van der Waals surface area contributed by atoms with E-state index in [2.05, 4.69) is 34.0 Å². The van der Waals surface area contributed by atoms with E-state index in [0.717, 1.165) is 31.3 Å². The maximum atomic E-state index is 10.7. The minimum Gasteiger partial charge on any atom is -0.476 e. The second-order valence-corrected chi connectivity index (χ2v) is 6.08. The van der Waals surface area contributed by atoms with Gasteiger partial charge in [-0.1, -0.05) is 13.8 Å². The number of piperidine rings is 1. The molecular weight excluding hydrogens is 268 g/mol. The second-order valence-electron chi connectivity index (χ2n) is 6.08. The molecule has 0 amide bonds. The smallest absolute Gasteiger partial charge is 0.356 e. The van der Waals surface area contributed by atoms with Crippen molar-refractivity contribution in [3.63, 3.8) is 0 Å². The number of nitrogens with one attached hydrogen (secondary N) is 1. The average Bonchev–Trinajstić information content (AvgIpc) is 2.43. The Morgan fingerprint density at radius 1 is 1.33 bits per heavy atom. The summed E-state index contributed by atoms with van der Waals surface area (Å²) >= 11 is 0. The molecule has 1 aliphatic heterocycles. The molecule has 2 rings (SSSR count). The number of hydrogen-bond acceptors (Lipinski definition) is 5. The van der Waals surface area contributed by atoms with Crippen molar-refractivity contribution in [1.29, 1.82) is 0 Å². The van der Waals surface area contributed by atoms with E-state index in [1.165, 1.54) is 31.9 Å². The first-order chi connectivity index (χ1) is 10.0. The molecule has 0 radical (unpaired) electrons. The zero-order valence-electron chi connectivity index (χ0n) is 12.7. The van der Waals surface area contributed by atoms with Crippen molar-refractivity contribution < 1.29 is 9.90 Å². The Hall–Kier alpha value is -1.69. The maximum Gasteiger partial charge on any atom is 0.356 e. The molecule has 0 spiro atoms. The molecule has 2 atom stereocenters. The Morgan fingerprint density at radius 3 is 2.62 bits per heavy atom. The lowest BCUT2D eigenvalue weighted by Gasteiger charge is -2.34. The Kier molecular flexibility index (Phi) is 5.50. The highest BCUT2D eigenvalue weighted by Crippen LogP contribution is 2.20. The first-order valence-corrected chi connectivity index (χ1v) is 7.56. The number of aromatic carboxylic acids is 1. The van der Waals surface area contributed by atoms with Crippen LogP contribution in [-0.2, 0) is 0 Å². The van der Waals surface area contributed by atoms with Gasteiger partial charge in [0.15, 0.2) is 5.69 Å². The molecule has 116 valence electrons. The molecule has 6 nitrogen and oxygen atoms in total. The van der Waals surface area contributed by atoms with Crippen LogP contribution in [-0.4, -0.2) is 52.1 Å². The highest BCUT2D eigenvalue weighted by molar-refractivity contribution is 5.84. The number of aromatic nitrogens is 2. The minimum absolute atomic E-state index is 0.0307. The van der Waals surface area contributed by atoms with Gasteiger partial charge in [-0.05, 0) is 31.2 Å². The summed E-state index contributed by atoms with van der Waals surface area (Å²) in [5.74, 6) is 1.15. The molecule has 1 fully saturated rings. The number of hydrogen-bond donors (Lipinski definition) is 2. The van der Waals surface area contributed by atoms with E-state index in [1.807, 2.05) is 0 Å². The molecule has 0 aromatic carbocycles. The van der Waals surface area contributed by atoms with Gasteiger partial charge in [0.1, 0.15) is 5.82 Å². The van der Waals surface area contributed by atoms with Crippen molar-refractivity contribution >= 4 is 11.8 Å². The first-order valence-electron chi connectivity index (χ1n) is 7.56. The van der Waals surface area contributed by atoms with E-state index in [9.17, 15) is 4.79 Å². The Bertz CT molecular complexity index is 453. The van der Waals surface area contributed by atoms with Crippen LogP contribution in [0.25, 0.3) is 0 Å². The lowest BCUT2D eigenvalue weighted by Crippen LogP contribution is -2.39. The molecule has 6 heteroatoms. The third kappa shape index (κ3) is 4.97. The number of carbonyl (C=O) groups is 1. The van der Waals surface area contributed by atoms with Crippen LogP contribution in [0.2, 0.25) is 0 Å². The van der Waals surface area contributed by atoms with E-state index in [-0.39, 0.29) is 5.69 Å². The third-order valence-electron chi connectivity index (χ3n) is 3.77. The van der Waals surface area contributed by atoms with Gasteiger partial charge >= 0.3 is 5.97 Å². The summed E-state index contributed by atoms with van der Waals surface area (Å²) in [5, 5.41) is 11.9. The summed E-state index contributed by atoms with van der Waals surface area (Å²) < 4.78 is 0. The minimum atomic E-state index is -1.05. The van der Waals surface area contributed by atoms with Gasteiger partial charge in [0.25, 0.3) is 0 Å². The van der Waals surface area contributed by atoms with Crippen LogP contribution < -0.4 is 5.32 Å². The molecule has 0 bridgehead atoms. The summed E-state index contributed by atoms with van der Waals surface area (Å²) in [7, 11) is 0. The lowest BCUT2D eigenvalue weighted by atomic mass is 9.92.